The van der Waals surface area contributed by atoms with Crippen LogP contribution in [0.2, 0.25) is 0 Å². The van der Waals surface area contributed by atoms with Gasteiger partial charge in [0, 0.05) is 18.4 Å². The van der Waals surface area contributed by atoms with E-state index in [4.69, 9.17) is 5.84 Å². The maximum atomic E-state index is 5.44. The van der Waals surface area contributed by atoms with Crippen molar-refractivity contribution in [1.82, 2.24) is 24.7 Å². The Morgan fingerprint density at radius 1 is 1.19 bits per heavy atom. The minimum Gasteiger partial charge on any atom is -0.351 e. The minimum absolute atomic E-state index is 0.316. The Hall–Kier alpha value is -2.22. The molecule has 21 heavy (non-hydrogen) atoms. The van der Waals surface area contributed by atoms with Crippen molar-refractivity contribution in [1.29, 1.82) is 0 Å². The van der Waals surface area contributed by atoms with Crippen LogP contribution in [0.1, 0.15) is 26.7 Å². The van der Waals surface area contributed by atoms with Crippen molar-refractivity contribution in [3.05, 3.63) is 18.5 Å². The quantitative estimate of drug-likeness (QED) is 0.573. The molecule has 0 aromatic carbocycles. The fourth-order valence-electron chi connectivity index (χ4n) is 2.72. The number of nitrogens with zero attached hydrogens (tertiary/aromatic N) is 5. The molecule has 0 aliphatic heterocycles. The molecule has 0 bridgehead atoms. The minimum atomic E-state index is 0.316. The number of nitrogen functional groups attached to an aromatic ring is 1. The number of hydrogen-bond donors (Lipinski definition) is 3. The third-order valence-electron chi connectivity index (χ3n) is 4.24. The van der Waals surface area contributed by atoms with Crippen molar-refractivity contribution in [2.24, 2.45) is 17.7 Å². The summed E-state index contributed by atoms with van der Waals surface area (Å²) < 4.78 is 1.58. The summed E-state index contributed by atoms with van der Waals surface area (Å²) in [6, 6.07) is 2.19. The molecule has 8 heteroatoms. The maximum absolute atomic E-state index is 5.44. The molecule has 2 aromatic heterocycles. The predicted octanol–water partition coefficient (Wildman–Crippen LogP) is 1.19. The summed E-state index contributed by atoms with van der Waals surface area (Å²) >= 11 is 0. The van der Waals surface area contributed by atoms with Crippen LogP contribution >= 0.6 is 0 Å². The molecule has 0 amide bonds. The maximum Gasteiger partial charge on any atom is 0.257 e. The third-order valence-corrected chi connectivity index (χ3v) is 4.24. The van der Waals surface area contributed by atoms with E-state index in [1.54, 1.807) is 17.1 Å². The summed E-state index contributed by atoms with van der Waals surface area (Å²) in [6.45, 7) is 4.54. The van der Waals surface area contributed by atoms with Crippen LogP contribution in [0.25, 0.3) is 5.95 Å². The summed E-state index contributed by atoms with van der Waals surface area (Å²) in [4.78, 5) is 12.9. The third kappa shape index (κ3) is 2.80. The van der Waals surface area contributed by atoms with E-state index in [0.29, 0.717) is 35.7 Å². The topological polar surface area (TPSA) is 107 Å². The van der Waals surface area contributed by atoms with Gasteiger partial charge in [0.15, 0.2) is 0 Å². The lowest BCUT2D eigenvalue weighted by atomic mass is 9.98. The Bertz CT molecular complexity index is 596. The monoisotopic (exact) mass is 288 g/mol. The molecule has 0 spiro atoms. The molecule has 3 atom stereocenters. The van der Waals surface area contributed by atoms with E-state index in [2.05, 4.69) is 44.6 Å². The molecule has 2 heterocycles. The number of hydrogen-bond acceptors (Lipinski definition) is 7. The van der Waals surface area contributed by atoms with Crippen LogP contribution < -0.4 is 16.6 Å². The van der Waals surface area contributed by atoms with Gasteiger partial charge in [0.2, 0.25) is 11.9 Å². The largest absolute Gasteiger partial charge is 0.351 e. The van der Waals surface area contributed by atoms with Gasteiger partial charge < -0.3 is 5.32 Å². The van der Waals surface area contributed by atoms with Crippen LogP contribution in [0, 0.1) is 11.8 Å². The molecular weight excluding hydrogens is 268 g/mol. The van der Waals surface area contributed by atoms with E-state index in [1.165, 1.54) is 6.42 Å². The number of nitrogens with two attached hydrogens (primary N) is 1. The summed E-state index contributed by atoms with van der Waals surface area (Å²) in [5.74, 6) is 8.01. The first-order valence-electron chi connectivity index (χ1n) is 7.16. The molecule has 112 valence electrons. The summed E-state index contributed by atoms with van der Waals surface area (Å²) in [6.07, 6.45) is 5.79. The lowest BCUT2D eigenvalue weighted by Crippen LogP contribution is -2.26. The average Bonchev–Trinajstić information content (AvgIpc) is 3.13. The van der Waals surface area contributed by atoms with Crippen LogP contribution in [-0.2, 0) is 0 Å². The number of anilines is 2. The normalized spacial score (nSPS) is 25.0. The fourth-order valence-corrected chi connectivity index (χ4v) is 2.72. The van der Waals surface area contributed by atoms with E-state index in [-0.39, 0.29) is 0 Å². The second kappa shape index (κ2) is 5.65. The molecule has 1 saturated carbocycles. The van der Waals surface area contributed by atoms with E-state index < -0.39 is 0 Å². The van der Waals surface area contributed by atoms with E-state index in [0.717, 1.165) is 6.42 Å². The van der Waals surface area contributed by atoms with Gasteiger partial charge in [0.25, 0.3) is 5.95 Å². The van der Waals surface area contributed by atoms with Gasteiger partial charge in [-0.05, 0) is 30.7 Å². The zero-order valence-electron chi connectivity index (χ0n) is 12.2. The Balaban J connectivity index is 1.86. The fraction of sp³-hybridized carbons (Fsp3) is 0.538. The second-order valence-corrected chi connectivity index (χ2v) is 5.54. The van der Waals surface area contributed by atoms with Gasteiger partial charge in [-0.15, -0.1) is 0 Å². The molecular formula is C13H20N8. The Morgan fingerprint density at radius 2 is 2.00 bits per heavy atom. The molecule has 0 radical (unpaired) electrons. The number of nitrogens with one attached hydrogen (secondary N) is 2. The highest BCUT2D eigenvalue weighted by atomic mass is 15.4. The second-order valence-electron chi connectivity index (χ2n) is 5.54. The van der Waals surface area contributed by atoms with Crippen molar-refractivity contribution in [3.8, 4) is 5.95 Å². The summed E-state index contributed by atoms with van der Waals surface area (Å²) in [5.41, 5.74) is 2.47. The molecule has 1 fully saturated rings. The molecule has 0 saturated heterocycles. The van der Waals surface area contributed by atoms with Crippen molar-refractivity contribution in [2.75, 3.05) is 10.7 Å². The van der Waals surface area contributed by atoms with Gasteiger partial charge in [0.05, 0.1) is 0 Å². The van der Waals surface area contributed by atoms with Crippen LogP contribution in [0.3, 0.4) is 0 Å². The van der Waals surface area contributed by atoms with Crippen LogP contribution in [0.15, 0.2) is 18.5 Å². The van der Waals surface area contributed by atoms with Gasteiger partial charge in [-0.25, -0.2) is 10.5 Å². The molecule has 1 aliphatic carbocycles. The van der Waals surface area contributed by atoms with Crippen molar-refractivity contribution < 1.29 is 0 Å². The van der Waals surface area contributed by atoms with Gasteiger partial charge in [-0.1, -0.05) is 13.8 Å². The Morgan fingerprint density at radius 3 is 2.62 bits per heavy atom. The van der Waals surface area contributed by atoms with Crippen molar-refractivity contribution in [3.63, 3.8) is 0 Å². The highest BCUT2D eigenvalue weighted by molar-refractivity contribution is 5.38. The highest BCUT2D eigenvalue weighted by Gasteiger charge is 2.30. The first-order chi connectivity index (χ1) is 10.2. The highest BCUT2D eigenvalue weighted by Crippen LogP contribution is 2.32. The number of rotatable bonds is 4. The summed E-state index contributed by atoms with van der Waals surface area (Å²) in [5, 5.41) is 7.53. The van der Waals surface area contributed by atoms with Gasteiger partial charge >= 0.3 is 0 Å². The summed E-state index contributed by atoms with van der Waals surface area (Å²) in [7, 11) is 0. The molecule has 3 unspecified atom stereocenters. The van der Waals surface area contributed by atoms with Crippen LogP contribution in [0.5, 0.6) is 0 Å². The van der Waals surface area contributed by atoms with Gasteiger partial charge in [-0.3, -0.25) is 5.43 Å². The number of hydrazine groups is 1. The zero-order valence-corrected chi connectivity index (χ0v) is 12.2. The predicted molar refractivity (Wildman–Crippen MR) is 79.7 cm³/mol. The SMILES string of the molecule is CC1CCC(Nc2nc(NN)nc(-n3cccn3)n2)C1C. The lowest BCUT2D eigenvalue weighted by Gasteiger charge is -2.19. The first kappa shape index (κ1) is 13.7. The van der Waals surface area contributed by atoms with E-state index in [1.807, 2.05) is 6.07 Å². The Kier molecular flexibility index (Phi) is 3.70. The molecule has 4 N–H and O–H groups in total. The molecule has 2 aromatic rings. The van der Waals surface area contributed by atoms with Crippen LogP contribution in [-0.4, -0.2) is 30.8 Å². The molecule has 8 nitrogen and oxygen atoms in total. The van der Waals surface area contributed by atoms with Crippen LogP contribution in [0.4, 0.5) is 11.9 Å². The van der Waals surface area contributed by atoms with E-state index in [9.17, 15) is 0 Å². The Labute approximate surface area is 123 Å². The smallest absolute Gasteiger partial charge is 0.257 e. The standard InChI is InChI=1S/C13H20N8/c1-8-4-5-10(9(8)2)16-11-17-12(20-14)19-13(18-11)21-7-3-6-15-21/h3,6-10H,4-5,14H2,1-2H3,(H2,16,17,18,19,20). The van der Waals surface area contributed by atoms with E-state index >= 15 is 0 Å². The number of aromatic nitrogens is 5. The van der Waals surface area contributed by atoms with Gasteiger partial charge in [-0.2, -0.15) is 20.1 Å². The average molecular weight is 288 g/mol. The van der Waals surface area contributed by atoms with Crippen molar-refractivity contribution >= 4 is 11.9 Å². The lowest BCUT2D eigenvalue weighted by molar-refractivity contribution is 0.434. The first-order valence-corrected chi connectivity index (χ1v) is 7.16. The zero-order chi connectivity index (χ0) is 14.8. The molecule has 3 rings (SSSR count). The van der Waals surface area contributed by atoms with Crippen molar-refractivity contribution in [2.45, 2.75) is 32.7 Å². The van der Waals surface area contributed by atoms with Gasteiger partial charge in [0.1, 0.15) is 0 Å². The molecule has 1 aliphatic rings.